The van der Waals surface area contributed by atoms with E-state index in [1.165, 1.54) is 30.6 Å². The molecule has 0 spiro atoms. The normalized spacial score (nSPS) is 31.6. The largest absolute Gasteiger partial charge is 0.387 e. The van der Waals surface area contributed by atoms with Gasteiger partial charge in [0.1, 0.15) is 48.5 Å². The number of fused-ring (bicyclic) bond motifs is 1. The molecule has 0 aliphatic carbocycles. The molecule has 1 amide bonds. The Morgan fingerprint density at radius 1 is 1.00 bits per heavy atom. The lowest BCUT2D eigenvalue weighted by molar-refractivity contribution is -0.0425. The van der Waals surface area contributed by atoms with Crippen molar-refractivity contribution in [3.05, 3.63) is 48.0 Å². The quantitative estimate of drug-likeness (QED) is 0.125. The fourth-order valence-electron chi connectivity index (χ4n) is 4.84. The van der Waals surface area contributed by atoms with Crippen LogP contribution in [-0.4, -0.2) is 106 Å². The van der Waals surface area contributed by atoms with E-state index in [9.17, 15) is 43.4 Å². The molecule has 44 heavy (non-hydrogen) atoms. The third kappa shape index (κ3) is 6.68. The SMILES string of the molecule is NC(=O)c1cccc([C@@H]2O[C@H](COP(=O)(O)CP(=O)(O)OC[C@H]3O[C@@H](n4cnc5c(N)ncnc54)[C@@H](F)[C@@H]3O)[C@@H](O)[C@H]2O)c1. The number of benzene rings is 1. The Balaban J connectivity index is 1.16. The number of aromatic nitrogens is 4. The van der Waals surface area contributed by atoms with Crippen molar-refractivity contribution in [2.75, 3.05) is 24.9 Å². The number of aliphatic hydroxyl groups is 3. The zero-order chi connectivity index (χ0) is 32.0. The van der Waals surface area contributed by atoms with E-state index in [-0.39, 0.29) is 22.5 Å². The molecule has 2 aliphatic rings. The number of aliphatic hydroxyl groups excluding tert-OH is 3. The number of primary amides is 1. The number of nitrogens with zero attached hydrogens (tertiary/aromatic N) is 4. The number of carbonyl (C=O) groups is 1. The van der Waals surface area contributed by atoms with Crippen LogP contribution in [0, 0.1) is 0 Å². The fraction of sp³-hybridized carbons (Fsp3) is 0.478. The maximum atomic E-state index is 15.0. The monoisotopic (exact) mass is 662 g/mol. The van der Waals surface area contributed by atoms with Crippen molar-refractivity contribution in [1.29, 1.82) is 0 Å². The molecular weight excluding hydrogens is 633 g/mol. The zero-order valence-electron chi connectivity index (χ0n) is 22.5. The number of ether oxygens (including phenoxy) is 2. The molecule has 240 valence electrons. The number of carbonyl (C=O) groups excluding carboxylic acids is 1. The highest BCUT2D eigenvalue weighted by Gasteiger charge is 2.48. The molecule has 2 saturated heterocycles. The highest BCUT2D eigenvalue weighted by Crippen LogP contribution is 2.58. The molecule has 21 heteroatoms. The molecule has 2 aliphatic heterocycles. The molecule has 18 nitrogen and oxygen atoms in total. The third-order valence-electron chi connectivity index (χ3n) is 7.06. The topological polar surface area (TPSA) is 285 Å². The Morgan fingerprint density at radius 2 is 1.66 bits per heavy atom. The van der Waals surface area contributed by atoms with Crippen LogP contribution in [0.2, 0.25) is 0 Å². The predicted octanol–water partition coefficient (Wildman–Crippen LogP) is -0.673. The standard InChI is InChI=1S/C23H29FN6O12P2/c24-14-16(31)12(42-23(14)30-8-29-15-20(25)27-7-28-22(15)30)5-39-43(35,36)9-44(37,38)40-6-13-17(32)18(33)19(41-13)10-2-1-3-11(4-10)21(26)34/h1-4,7-8,12-14,16-19,23,31-33H,5-6,9H2,(H2,26,34)(H,35,36)(H,37,38)(H2,25,27,28)/t12-,13-,14+,16-,17-,18-,19+,23-/m1/s1. The Kier molecular flexibility index (Phi) is 9.19. The Bertz CT molecular complexity index is 1630. The van der Waals surface area contributed by atoms with Crippen molar-refractivity contribution >= 4 is 38.1 Å². The van der Waals surface area contributed by atoms with Crippen LogP contribution in [0.5, 0.6) is 0 Å². The lowest BCUT2D eigenvalue weighted by Gasteiger charge is -2.21. The first-order chi connectivity index (χ1) is 20.7. The summed E-state index contributed by atoms with van der Waals surface area (Å²) in [5.41, 5.74) is 11.7. The lowest BCUT2D eigenvalue weighted by atomic mass is 10.00. The van der Waals surface area contributed by atoms with Crippen LogP contribution in [0.15, 0.2) is 36.9 Å². The van der Waals surface area contributed by atoms with Crippen molar-refractivity contribution in [1.82, 2.24) is 19.5 Å². The Morgan fingerprint density at radius 3 is 2.32 bits per heavy atom. The van der Waals surface area contributed by atoms with E-state index in [1.807, 2.05) is 0 Å². The Hall–Kier alpha value is -2.93. The second-order valence-electron chi connectivity index (χ2n) is 10.2. The maximum absolute atomic E-state index is 15.0. The van der Waals surface area contributed by atoms with Crippen LogP contribution in [0.4, 0.5) is 10.2 Å². The number of imidazole rings is 1. The van der Waals surface area contributed by atoms with Crippen LogP contribution >= 0.6 is 15.2 Å². The van der Waals surface area contributed by atoms with E-state index in [2.05, 4.69) is 15.0 Å². The highest BCUT2D eigenvalue weighted by atomic mass is 31.2. The first-order valence-electron chi connectivity index (χ1n) is 12.9. The smallest absolute Gasteiger partial charge is 0.340 e. The molecule has 5 rings (SSSR count). The van der Waals surface area contributed by atoms with Gasteiger partial charge in [0.25, 0.3) is 0 Å². The van der Waals surface area contributed by atoms with Crippen LogP contribution in [-0.2, 0) is 27.7 Å². The maximum Gasteiger partial charge on any atom is 0.340 e. The van der Waals surface area contributed by atoms with Gasteiger partial charge < -0.3 is 55.1 Å². The molecule has 2 unspecified atom stereocenters. The summed E-state index contributed by atoms with van der Waals surface area (Å²) >= 11 is 0. The fourth-order valence-corrected chi connectivity index (χ4v) is 8.06. The average Bonchev–Trinajstić information content (AvgIpc) is 3.61. The van der Waals surface area contributed by atoms with Crippen molar-refractivity contribution in [2.45, 2.75) is 49.0 Å². The molecule has 1 aromatic carbocycles. The summed E-state index contributed by atoms with van der Waals surface area (Å²) in [5.74, 6) is -2.12. The summed E-state index contributed by atoms with van der Waals surface area (Å²) in [6, 6.07) is 5.77. The van der Waals surface area contributed by atoms with Gasteiger partial charge in [0.05, 0.1) is 19.5 Å². The van der Waals surface area contributed by atoms with Crippen molar-refractivity contribution in [2.24, 2.45) is 5.73 Å². The first kappa shape index (κ1) is 32.5. The second-order valence-corrected chi connectivity index (χ2v) is 14.4. The van der Waals surface area contributed by atoms with Gasteiger partial charge in [-0.3, -0.25) is 18.5 Å². The predicted molar refractivity (Wildman–Crippen MR) is 146 cm³/mol. The molecule has 0 radical (unpaired) electrons. The number of alkyl halides is 1. The van der Waals surface area contributed by atoms with Gasteiger partial charge >= 0.3 is 15.2 Å². The Labute approximate surface area is 247 Å². The number of amides is 1. The van der Waals surface area contributed by atoms with Gasteiger partial charge in [-0.15, -0.1) is 0 Å². The molecule has 0 saturated carbocycles. The summed E-state index contributed by atoms with van der Waals surface area (Å²) in [4.78, 5) is 43.7. The minimum Gasteiger partial charge on any atom is -0.387 e. The average molecular weight is 662 g/mol. The number of nitrogens with two attached hydrogens (primary N) is 2. The van der Waals surface area contributed by atoms with Gasteiger partial charge in [-0.2, -0.15) is 0 Å². The lowest BCUT2D eigenvalue weighted by Crippen LogP contribution is -2.33. The van der Waals surface area contributed by atoms with E-state index in [4.69, 9.17) is 30.0 Å². The zero-order valence-corrected chi connectivity index (χ0v) is 24.3. The number of hydrogen-bond donors (Lipinski definition) is 7. The summed E-state index contributed by atoms with van der Waals surface area (Å²) in [7, 11) is -9.79. The van der Waals surface area contributed by atoms with Gasteiger partial charge in [0, 0.05) is 5.56 Å². The van der Waals surface area contributed by atoms with Gasteiger partial charge in [-0.05, 0) is 17.7 Å². The molecule has 0 bridgehead atoms. The van der Waals surface area contributed by atoms with Gasteiger partial charge in [0.2, 0.25) is 5.91 Å². The van der Waals surface area contributed by atoms with Crippen LogP contribution < -0.4 is 11.5 Å². The molecule has 9 N–H and O–H groups in total. The molecular formula is C23H29FN6O12P2. The molecule has 2 fully saturated rings. The molecule has 4 heterocycles. The van der Waals surface area contributed by atoms with E-state index in [0.29, 0.717) is 5.56 Å². The van der Waals surface area contributed by atoms with Crippen molar-refractivity contribution < 1.29 is 61.9 Å². The summed E-state index contributed by atoms with van der Waals surface area (Å²) in [5, 5.41) is 31.1. The highest BCUT2D eigenvalue weighted by molar-refractivity contribution is 7.70. The second kappa shape index (κ2) is 12.5. The number of halogens is 1. The number of hydrogen-bond acceptors (Lipinski definition) is 14. The summed E-state index contributed by atoms with van der Waals surface area (Å²) < 4.78 is 62.2. The minimum atomic E-state index is -4.91. The summed E-state index contributed by atoms with van der Waals surface area (Å²) in [6.07, 6.45) is -10.1. The molecule has 10 atom stereocenters. The van der Waals surface area contributed by atoms with Gasteiger partial charge in [0.15, 0.2) is 29.8 Å². The summed E-state index contributed by atoms with van der Waals surface area (Å²) in [6.45, 7) is -1.63. The van der Waals surface area contributed by atoms with E-state index in [0.717, 1.165) is 10.9 Å². The van der Waals surface area contributed by atoms with E-state index < -0.39 is 89.2 Å². The number of rotatable bonds is 11. The first-order valence-corrected chi connectivity index (χ1v) is 16.4. The van der Waals surface area contributed by atoms with Crippen LogP contribution in [0.1, 0.15) is 28.3 Å². The van der Waals surface area contributed by atoms with E-state index >= 15 is 0 Å². The molecule has 3 aromatic rings. The molecule has 2 aromatic heterocycles. The van der Waals surface area contributed by atoms with Crippen LogP contribution in [0.3, 0.4) is 0 Å². The van der Waals surface area contributed by atoms with Crippen LogP contribution in [0.25, 0.3) is 11.2 Å². The minimum absolute atomic E-state index is 0.0273. The van der Waals surface area contributed by atoms with Gasteiger partial charge in [-0.1, -0.05) is 12.1 Å². The van der Waals surface area contributed by atoms with Gasteiger partial charge in [-0.25, -0.2) is 19.3 Å². The number of anilines is 1. The number of nitrogen functional groups attached to an aromatic ring is 1. The van der Waals surface area contributed by atoms with E-state index in [1.54, 1.807) is 0 Å². The van der Waals surface area contributed by atoms with Crippen molar-refractivity contribution in [3.8, 4) is 0 Å². The third-order valence-corrected chi connectivity index (χ3v) is 11.0. The van der Waals surface area contributed by atoms with Crippen molar-refractivity contribution in [3.63, 3.8) is 0 Å².